The Labute approximate surface area is 94.6 Å². The van der Waals surface area contributed by atoms with E-state index >= 15 is 0 Å². The number of nitrogens with zero attached hydrogens (tertiary/aromatic N) is 1. The summed E-state index contributed by atoms with van der Waals surface area (Å²) in [6, 6.07) is 0. The molecule has 1 atom stereocenters. The molecule has 2 fully saturated rings. The Kier molecular flexibility index (Phi) is 2.89. The molecule has 1 amide bonds. The summed E-state index contributed by atoms with van der Waals surface area (Å²) in [7, 11) is 0. The summed E-state index contributed by atoms with van der Waals surface area (Å²) >= 11 is 5.57. The van der Waals surface area contributed by atoms with Gasteiger partial charge in [-0.2, -0.15) is 0 Å². The van der Waals surface area contributed by atoms with E-state index in [4.69, 9.17) is 11.6 Å². The van der Waals surface area contributed by atoms with Crippen molar-refractivity contribution in [1.29, 1.82) is 0 Å². The normalized spacial score (nSPS) is 30.7. The van der Waals surface area contributed by atoms with Crippen molar-refractivity contribution in [3.63, 3.8) is 0 Å². The lowest BCUT2D eigenvalue weighted by atomic mass is 9.92. The van der Waals surface area contributed by atoms with Crippen LogP contribution in [0, 0.1) is 0 Å². The monoisotopic (exact) mass is 229 g/mol. The Morgan fingerprint density at radius 1 is 1.60 bits per heavy atom. The SMILES string of the molecule is C=C1NCCC12CN(C(=O)CCl)CCN2. The Balaban J connectivity index is 2.09. The molecule has 2 saturated heterocycles. The zero-order valence-electron chi connectivity index (χ0n) is 8.68. The number of alkyl halides is 1. The Bertz CT molecular complexity index is 294. The molecule has 0 aliphatic carbocycles. The molecule has 0 aromatic heterocycles. The number of carbonyl (C=O) groups excluding carboxylic acids is 1. The van der Waals surface area contributed by atoms with E-state index in [1.165, 1.54) is 0 Å². The highest BCUT2D eigenvalue weighted by molar-refractivity contribution is 6.27. The Morgan fingerprint density at radius 3 is 3.00 bits per heavy atom. The number of nitrogens with one attached hydrogen (secondary N) is 2. The highest BCUT2D eigenvalue weighted by Gasteiger charge is 2.41. The molecule has 2 heterocycles. The van der Waals surface area contributed by atoms with Crippen LogP contribution in [-0.2, 0) is 4.79 Å². The lowest BCUT2D eigenvalue weighted by molar-refractivity contribution is -0.130. The summed E-state index contributed by atoms with van der Waals surface area (Å²) in [5, 5.41) is 6.68. The van der Waals surface area contributed by atoms with Crippen LogP contribution in [-0.4, -0.2) is 48.4 Å². The molecule has 0 saturated carbocycles. The predicted octanol–water partition coefficient (Wildman–Crippen LogP) is -0.0972. The van der Waals surface area contributed by atoms with Gasteiger partial charge in [0, 0.05) is 31.9 Å². The van der Waals surface area contributed by atoms with Gasteiger partial charge in [-0.1, -0.05) is 6.58 Å². The average Bonchev–Trinajstić information content (AvgIpc) is 2.59. The lowest BCUT2D eigenvalue weighted by Gasteiger charge is -2.41. The summed E-state index contributed by atoms with van der Waals surface area (Å²) in [6.07, 6.45) is 0.984. The highest BCUT2D eigenvalue weighted by Crippen LogP contribution is 2.26. The third-order valence-corrected chi connectivity index (χ3v) is 3.47. The summed E-state index contributed by atoms with van der Waals surface area (Å²) in [4.78, 5) is 13.4. The molecule has 1 spiro atoms. The third kappa shape index (κ3) is 1.84. The van der Waals surface area contributed by atoms with E-state index in [1.807, 2.05) is 4.90 Å². The van der Waals surface area contributed by atoms with Gasteiger partial charge in [-0.05, 0) is 6.42 Å². The maximum atomic E-state index is 11.5. The van der Waals surface area contributed by atoms with Crippen molar-refractivity contribution in [2.75, 3.05) is 32.1 Å². The number of halogens is 1. The minimum Gasteiger partial charge on any atom is -0.387 e. The molecule has 15 heavy (non-hydrogen) atoms. The van der Waals surface area contributed by atoms with E-state index in [9.17, 15) is 4.79 Å². The molecule has 0 aromatic rings. The van der Waals surface area contributed by atoms with E-state index in [-0.39, 0.29) is 17.3 Å². The molecule has 0 bridgehead atoms. The number of hydrogen-bond acceptors (Lipinski definition) is 3. The van der Waals surface area contributed by atoms with E-state index in [0.717, 1.165) is 31.8 Å². The quantitative estimate of drug-likeness (QED) is 0.618. The van der Waals surface area contributed by atoms with Crippen LogP contribution in [0.2, 0.25) is 0 Å². The van der Waals surface area contributed by atoms with Crippen LogP contribution in [0.5, 0.6) is 0 Å². The van der Waals surface area contributed by atoms with Gasteiger partial charge in [-0.3, -0.25) is 4.79 Å². The topological polar surface area (TPSA) is 44.4 Å². The number of hydrogen-bond donors (Lipinski definition) is 2. The van der Waals surface area contributed by atoms with Crippen molar-refractivity contribution in [2.24, 2.45) is 0 Å². The zero-order valence-corrected chi connectivity index (χ0v) is 9.44. The molecule has 0 aromatic carbocycles. The molecule has 2 rings (SSSR count). The van der Waals surface area contributed by atoms with E-state index in [1.54, 1.807) is 0 Å². The van der Waals surface area contributed by atoms with Crippen molar-refractivity contribution < 1.29 is 4.79 Å². The van der Waals surface area contributed by atoms with Gasteiger partial charge in [0.2, 0.25) is 5.91 Å². The number of amides is 1. The molecule has 1 unspecified atom stereocenters. The van der Waals surface area contributed by atoms with Crippen LogP contribution < -0.4 is 10.6 Å². The molecule has 2 N–H and O–H groups in total. The molecule has 4 nitrogen and oxygen atoms in total. The molecule has 5 heteroatoms. The molecule has 0 radical (unpaired) electrons. The molecular formula is C10H16ClN3O. The van der Waals surface area contributed by atoms with Crippen molar-refractivity contribution in [2.45, 2.75) is 12.0 Å². The number of carbonyl (C=O) groups is 1. The largest absolute Gasteiger partial charge is 0.387 e. The summed E-state index contributed by atoms with van der Waals surface area (Å²) in [6.45, 7) is 7.16. The molecular weight excluding hydrogens is 214 g/mol. The Morgan fingerprint density at radius 2 is 2.40 bits per heavy atom. The summed E-state index contributed by atoms with van der Waals surface area (Å²) < 4.78 is 0. The number of piperazine rings is 1. The van der Waals surface area contributed by atoms with Crippen LogP contribution in [0.3, 0.4) is 0 Å². The van der Waals surface area contributed by atoms with Gasteiger partial charge in [0.1, 0.15) is 5.88 Å². The third-order valence-electron chi connectivity index (χ3n) is 3.24. The minimum absolute atomic E-state index is 0.0113. The Hall–Kier alpha value is -0.740. The summed E-state index contributed by atoms with van der Waals surface area (Å²) in [5.41, 5.74) is 0.870. The van der Waals surface area contributed by atoms with Crippen molar-refractivity contribution in [3.8, 4) is 0 Å². The second kappa shape index (κ2) is 4.02. The van der Waals surface area contributed by atoms with E-state index < -0.39 is 0 Å². The first-order valence-corrected chi connectivity index (χ1v) is 5.73. The minimum atomic E-state index is -0.125. The fourth-order valence-corrected chi connectivity index (χ4v) is 2.47. The van der Waals surface area contributed by atoms with Crippen LogP contribution in [0.4, 0.5) is 0 Å². The van der Waals surface area contributed by atoms with Gasteiger partial charge < -0.3 is 15.5 Å². The zero-order chi connectivity index (χ0) is 10.9. The second-order valence-corrected chi connectivity index (χ2v) is 4.38. The van der Waals surface area contributed by atoms with Gasteiger partial charge in [0.25, 0.3) is 0 Å². The van der Waals surface area contributed by atoms with Gasteiger partial charge in [0.15, 0.2) is 0 Å². The van der Waals surface area contributed by atoms with E-state index in [2.05, 4.69) is 17.2 Å². The maximum absolute atomic E-state index is 11.5. The average molecular weight is 230 g/mol. The van der Waals surface area contributed by atoms with Gasteiger partial charge in [-0.25, -0.2) is 0 Å². The fourth-order valence-electron chi connectivity index (χ4n) is 2.30. The van der Waals surface area contributed by atoms with Crippen LogP contribution in [0.15, 0.2) is 12.3 Å². The highest BCUT2D eigenvalue weighted by atomic mass is 35.5. The first-order chi connectivity index (χ1) is 7.18. The first-order valence-electron chi connectivity index (χ1n) is 5.20. The predicted molar refractivity (Wildman–Crippen MR) is 59.8 cm³/mol. The molecule has 84 valence electrons. The van der Waals surface area contributed by atoms with Crippen LogP contribution in [0.1, 0.15) is 6.42 Å². The number of rotatable bonds is 1. The fraction of sp³-hybridized carbons (Fsp3) is 0.700. The van der Waals surface area contributed by atoms with Crippen molar-refractivity contribution in [3.05, 3.63) is 12.3 Å². The molecule has 2 aliphatic heterocycles. The van der Waals surface area contributed by atoms with Gasteiger partial charge in [-0.15, -0.1) is 11.6 Å². The summed E-state index contributed by atoms with van der Waals surface area (Å²) in [5.74, 6) is 0.0768. The van der Waals surface area contributed by atoms with Crippen molar-refractivity contribution in [1.82, 2.24) is 15.5 Å². The lowest BCUT2D eigenvalue weighted by Crippen LogP contribution is -2.61. The van der Waals surface area contributed by atoms with Crippen LogP contribution in [0.25, 0.3) is 0 Å². The van der Waals surface area contributed by atoms with Crippen molar-refractivity contribution >= 4 is 17.5 Å². The molecule has 2 aliphatic rings. The maximum Gasteiger partial charge on any atom is 0.237 e. The second-order valence-electron chi connectivity index (χ2n) is 4.11. The van der Waals surface area contributed by atoms with Gasteiger partial charge >= 0.3 is 0 Å². The van der Waals surface area contributed by atoms with Crippen LogP contribution >= 0.6 is 11.6 Å². The van der Waals surface area contributed by atoms with Gasteiger partial charge in [0.05, 0.1) is 5.54 Å². The smallest absolute Gasteiger partial charge is 0.237 e. The standard InChI is InChI=1S/C10H16ClN3O/c1-8-10(2-3-12-8)7-14(5-4-13-10)9(15)6-11/h12-13H,1-7H2. The first kappa shape index (κ1) is 10.8. The van der Waals surface area contributed by atoms with E-state index in [0.29, 0.717) is 6.54 Å².